The number of carbonyl (C=O) groups is 2. The zero-order chi connectivity index (χ0) is 15.1. The van der Waals surface area contributed by atoms with Gasteiger partial charge in [0.25, 0.3) is 0 Å². The minimum absolute atomic E-state index is 0.0135. The quantitative estimate of drug-likeness (QED) is 0.666. The van der Waals surface area contributed by atoms with Gasteiger partial charge < -0.3 is 15.7 Å². The molecule has 0 aromatic rings. The Bertz CT molecular complexity index is 359. The van der Waals surface area contributed by atoms with Crippen LogP contribution in [-0.2, 0) is 9.59 Å². The Morgan fingerprint density at radius 3 is 2.33 bits per heavy atom. The van der Waals surface area contributed by atoms with E-state index >= 15 is 0 Å². The number of nitrogens with one attached hydrogen (secondary N) is 2. The fraction of sp³-hybridized carbons (Fsp3) is 0.875. The van der Waals surface area contributed by atoms with E-state index in [0.717, 1.165) is 32.1 Å². The van der Waals surface area contributed by atoms with Crippen molar-refractivity contribution in [3.05, 3.63) is 0 Å². The molecule has 0 radical (unpaired) electrons. The van der Waals surface area contributed by atoms with Gasteiger partial charge >= 0.3 is 0 Å². The lowest BCUT2D eigenvalue weighted by molar-refractivity contribution is -0.126. The monoisotopic (exact) mass is 296 g/mol. The Balaban J connectivity index is 1.54. The molecule has 5 nitrogen and oxygen atoms in total. The number of carbonyl (C=O) groups excluding carboxylic acids is 2. The lowest BCUT2D eigenvalue weighted by atomic mass is 10.0. The number of hydrogen-bond donors (Lipinski definition) is 3. The highest BCUT2D eigenvalue weighted by Gasteiger charge is 2.31. The second-order valence-corrected chi connectivity index (χ2v) is 6.67. The van der Waals surface area contributed by atoms with Crippen molar-refractivity contribution in [2.24, 2.45) is 5.92 Å². The van der Waals surface area contributed by atoms with Gasteiger partial charge in [-0.05, 0) is 25.2 Å². The van der Waals surface area contributed by atoms with Crippen LogP contribution in [0.3, 0.4) is 0 Å². The number of rotatable bonds is 7. The smallest absolute Gasteiger partial charge is 0.239 e. The van der Waals surface area contributed by atoms with Crippen molar-refractivity contribution in [2.45, 2.75) is 69.8 Å². The Morgan fingerprint density at radius 2 is 1.67 bits per heavy atom. The van der Waals surface area contributed by atoms with Gasteiger partial charge in [0.1, 0.15) is 0 Å². The predicted molar refractivity (Wildman–Crippen MR) is 80.6 cm³/mol. The van der Waals surface area contributed by atoms with Gasteiger partial charge in [0.05, 0.1) is 12.1 Å². The molecule has 0 atom stereocenters. The van der Waals surface area contributed by atoms with E-state index in [2.05, 4.69) is 10.6 Å². The number of aliphatic hydroxyl groups is 1. The maximum atomic E-state index is 11.7. The molecular weight excluding hydrogens is 268 g/mol. The highest BCUT2D eigenvalue weighted by molar-refractivity contribution is 5.84. The van der Waals surface area contributed by atoms with Gasteiger partial charge in [-0.1, -0.05) is 38.5 Å². The van der Waals surface area contributed by atoms with Crippen LogP contribution in [0.4, 0.5) is 0 Å². The lowest BCUT2D eigenvalue weighted by Crippen LogP contribution is -2.44. The summed E-state index contributed by atoms with van der Waals surface area (Å²) in [5, 5.41) is 15.5. The molecule has 0 aromatic carbocycles. The summed E-state index contributed by atoms with van der Waals surface area (Å²) < 4.78 is 0. The van der Waals surface area contributed by atoms with E-state index in [-0.39, 0.29) is 18.4 Å². The number of hydrogen-bond acceptors (Lipinski definition) is 3. The van der Waals surface area contributed by atoms with Crippen LogP contribution < -0.4 is 10.6 Å². The maximum Gasteiger partial charge on any atom is 0.239 e. The molecule has 0 spiro atoms. The first kappa shape index (κ1) is 16.3. The predicted octanol–water partition coefficient (Wildman–Crippen LogP) is 1.49. The van der Waals surface area contributed by atoms with E-state index in [1.807, 2.05) is 0 Å². The number of amides is 2. The molecule has 0 bridgehead atoms. The molecule has 2 aliphatic carbocycles. The molecule has 0 aliphatic heterocycles. The summed E-state index contributed by atoms with van der Waals surface area (Å²) in [7, 11) is 0. The van der Waals surface area contributed by atoms with E-state index in [4.69, 9.17) is 0 Å². The van der Waals surface area contributed by atoms with Crippen LogP contribution in [0.25, 0.3) is 0 Å². The van der Waals surface area contributed by atoms with E-state index in [1.54, 1.807) is 0 Å². The van der Waals surface area contributed by atoms with E-state index in [0.29, 0.717) is 18.9 Å². The van der Waals surface area contributed by atoms with Crippen LogP contribution in [0.1, 0.15) is 64.2 Å². The van der Waals surface area contributed by atoms with Crippen LogP contribution >= 0.6 is 0 Å². The summed E-state index contributed by atoms with van der Waals surface area (Å²) in [4.78, 5) is 23.4. The van der Waals surface area contributed by atoms with Crippen molar-refractivity contribution in [3.63, 3.8) is 0 Å². The molecular formula is C16H28N2O3. The van der Waals surface area contributed by atoms with E-state index in [1.165, 1.54) is 25.7 Å². The Hall–Kier alpha value is -1.10. The van der Waals surface area contributed by atoms with Gasteiger partial charge in [0.2, 0.25) is 11.8 Å². The molecule has 3 N–H and O–H groups in total. The second-order valence-electron chi connectivity index (χ2n) is 6.67. The molecule has 2 amide bonds. The van der Waals surface area contributed by atoms with Crippen molar-refractivity contribution < 1.29 is 14.7 Å². The van der Waals surface area contributed by atoms with Crippen molar-refractivity contribution in [2.75, 3.05) is 13.1 Å². The zero-order valence-corrected chi connectivity index (χ0v) is 12.8. The fourth-order valence-corrected chi connectivity index (χ4v) is 3.44. The first-order valence-electron chi connectivity index (χ1n) is 8.33. The molecule has 2 fully saturated rings. The van der Waals surface area contributed by atoms with E-state index < -0.39 is 5.60 Å². The zero-order valence-electron chi connectivity index (χ0n) is 12.8. The SMILES string of the molecule is O=C(CCC1CCCC1)NCC(=O)NCC1(O)CCCC1. The first-order valence-corrected chi connectivity index (χ1v) is 8.33. The first-order chi connectivity index (χ1) is 10.1. The third-order valence-electron chi connectivity index (χ3n) is 4.85. The van der Waals surface area contributed by atoms with Gasteiger partial charge in [-0.25, -0.2) is 0 Å². The van der Waals surface area contributed by atoms with Crippen molar-refractivity contribution in [1.29, 1.82) is 0 Å². The molecule has 0 aromatic heterocycles. The molecule has 2 rings (SSSR count). The van der Waals surface area contributed by atoms with Crippen molar-refractivity contribution >= 4 is 11.8 Å². The summed E-state index contributed by atoms with van der Waals surface area (Å²) in [5.74, 6) is 0.433. The highest BCUT2D eigenvalue weighted by atomic mass is 16.3. The average molecular weight is 296 g/mol. The Labute approximate surface area is 126 Å². The van der Waals surface area contributed by atoms with Crippen LogP contribution in [-0.4, -0.2) is 35.6 Å². The van der Waals surface area contributed by atoms with Gasteiger partial charge in [-0.2, -0.15) is 0 Å². The average Bonchev–Trinajstić information content (AvgIpc) is 3.12. The normalized spacial score (nSPS) is 21.4. The topological polar surface area (TPSA) is 78.4 Å². The summed E-state index contributed by atoms with van der Waals surface area (Å²) in [6.45, 7) is 0.309. The molecule has 21 heavy (non-hydrogen) atoms. The third kappa shape index (κ3) is 5.65. The highest BCUT2D eigenvalue weighted by Crippen LogP contribution is 2.29. The molecule has 2 aliphatic rings. The summed E-state index contributed by atoms with van der Waals surface area (Å²) in [6.07, 6.45) is 10.1. The summed E-state index contributed by atoms with van der Waals surface area (Å²) in [5.41, 5.74) is -0.734. The third-order valence-corrected chi connectivity index (χ3v) is 4.85. The standard InChI is InChI=1S/C16H28N2O3/c19-14(8-7-13-5-1-2-6-13)17-11-15(20)18-12-16(21)9-3-4-10-16/h13,21H,1-12H2,(H,17,19)(H,18,20). The fourth-order valence-electron chi connectivity index (χ4n) is 3.44. The molecule has 120 valence electrons. The molecule has 0 unspecified atom stereocenters. The summed E-state index contributed by atoms with van der Waals surface area (Å²) >= 11 is 0. The lowest BCUT2D eigenvalue weighted by Gasteiger charge is -2.22. The minimum atomic E-state index is -0.734. The van der Waals surface area contributed by atoms with E-state index in [9.17, 15) is 14.7 Å². The van der Waals surface area contributed by atoms with Crippen LogP contribution in [0.15, 0.2) is 0 Å². The van der Waals surface area contributed by atoms with Gasteiger partial charge in [-0.15, -0.1) is 0 Å². The van der Waals surface area contributed by atoms with Gasteiger partial charge in [0.15, 0.2) is 0 Å². The largest absolute Gasteiger partial charge is 0.388 e. The summed E-state index contributed by atoms with van der Waals surface area (Å²) in [6, 6.07) is 0. The van der Waals surface area contributed by atoms with Crippen molar-refractivity contribution in [3.8, 4) is 0 Å². The van der Waals surface area contributed by atoms with Crippen LogP contribution in [0.5, 0.6) is 0 Å². The van der Waals surface area contributed by atoms with Crippen LogP contribution in [0.2, 0.25) is 0 Å². The van der Waals surface area contributed by atoms with Gasteiger partial charge in [0, 0.05) is 13.0 Å². The Kier molecular flexibility index (Phi) is 6.03. The molecule has 2 saturated carbocycles. The Morgan fingerprint density at radius 1 is 1.00 bits per heavy atom. The van der Waals surface area contributed by atoms with Crippen molar-refractivity contribution in [1.82, 2.24) is 10.6 Å². The maximum absolute atomic E-state index is 11.7. The van der Waals surface area contributed by atoms with Crippen LogP contribution in [0, 0.1) is 5.92 Å². The van der Waals surface area contributed by atoms with Gasteiger partial charge in [-0.3, -0.25) is 9.59 Å². The molecule has 5 heteroatoms. The molecule has 0 heterocycles. The minimum Gasteiger partial charge on any atom is -0.388 e. The molecule has 0 saturated heterocycles. The second kappa shape index (κ2) is 7.78.